The van der Waals surface area contributed by atoms with E-state index < -0.39 is 47.9 Å². The molecule has 0 spiro atoms. The number of aromatic amines is 2. The third-order valence-corrected chi connectivity index (χ3v) is 6.71. The van der Waals surface area contributed by atoms with Crippen molar-refractivity contribution in [2.45, 2.75) is 50.4 Å². The second-order valence-electron chi connectivity index (χ2n) is 9.83. The van der Waals surface area contributed by atoms with Crippen LogP contribution < -0.4 is 21.7 Å². The fraction of sp³-hybridized carbons (Fsp3) is 0.276. The first kappa shape index (κ1) is 29.0. The van der Waals surface area contributed by atoms with Gasteiger partial charge < -0.3 is 36.8 Å². The number of hydrogen-bond donors (Lipinski definition) is 7. The van der Waals surface area contributed by atoms with Crippen LogP contribution in [0.15, 0.2) is 73.3 Å². The highest BCUT2D eigenvalue weighted by molar-refractivity contribution is 5.95. The Morgan fingerprint density at radius 3 is 2.22 bits per heavy atom. The maximum absolute atomic E-state index is 13.7. The molecule has 0 fully saturated rings. The number of rotatable bonds is 13. The van der Waals surface area contributed by atoms with E-state index in [9.17, 15) is 24.3 Å². The first-order valence-electron chi connectivity index (χ1n) is 13.2. The Morgan fingerprint density at radius 2 is 1.51 bits per heavy atom. The summed E-state index contributed by atoms with van der Waals surface area (Å²) in [5.74, 6) is -3.04. The molecule has 2 aromatic carbocycles. The second-order valence-corrected chi connectivity index (χ2v) is 9.83. The van der Waals surface area contributed by atoms with Crippen LogP contribution in [-0.2, 0) is 38.4 Å². The molecule has 4 aromatic rings. The van der Waals surface area contributed by atoms with Crippen LogP contribution in [0.4, 0.5) is 0 Å². The van der Waals surface area contributed by atoms with Crippen molar-refractivity contribution in [2.24, 2.45) is 5.73 Å². The minimum Gasteiger partial charge on any atom is -0.480 e. The number of benzene rings is 2. The molecular formula is C29H33N7O5. The van der Waals surface area contributed by atoms with E-state index in [1.54, 1.807) is 12.4 Å². The van der Waals surface area contributed by atoms with Crippen LogP contribution in [0.2, 0.25) is 0 Å². The van der Waals surface area contributed by atoms with Gasteiger partial charge in [0.2, 0.25) is 17.7 Å². The third-order valence-electron chi connectivity index (χ3n) is 6.71. The molecule has 12 heteroatoms. The smallest absolute Gasteiger partial charge is 0.325 e. The van der Waals surface area contributed by atoms with E-state index in [0.717, 1.165) is 22.0 Å². The molecule has 0 saturated carbocycles. The van der Waals surface area contributed by atoms with Gasteiger partial charge in [-0.05, 0) is 24.1 Å². The maximum Gasteiger partial charge on any atom is 0.325 e. The van der Waals surface area contributed by atoms with Crippen molar-refractivity contribution >= 4 is 34.6 Å². The van der Waals surface area contributed by atoms with Gasteiger partial charge in [-0.2, -0.15) is 0 Å². The lowest BCUT2D eigenvalue weighted by molar-refractivity contribution is -0.141. The number of nitrogens with one attached hydrogen (secondary N) is 5. The molecule has 0 saturated heterocycles. The molecular weight excluding hydrogens is 526 g/mol. The Morgan fingerprint density at radius 1 is 0.854 bits per heavy atom. The number of carbonyl (C=O) groups is 4. The number of imidazole rings is 1. The predicted octanol–water partition coefficient (Wildman–Crippen LogP) is 0.805. The molecule has 4 unspecified atom stereocenters. The van der Waals surface area contributed by atoms with Gasteiger partial charge in [0, 0.05) is 48.3 Å². The molecule has 2 heterocycles. The minimum absolute atomic E-state index is 0.0826. The van der Waals surface area contributed by atoms with Gasteiger partial charge >= 0.3 is 5.97 Å². The Bertz CT molecular complexity index is 1490. The van der Waals surface area contributed by atoms with Crippen LogP contribution in [0.3, 0.4) is 0 Å². The van der Waals surface area contributed by atoms with E-state index in [1.165, 1.54) is 13.3 Å². The van der Waals surface area contributed by atoms with E-state index in [-0.39, 0.29) is 19.3 Å². The highest BCUT2D eigenvalue weighted by Crippen LogP contribution is 2.19. The molecule has 0 aliphatic rings. The lowest BCUT2D eigenvalue weighted by Gasteiger charge is -2.25. The van der Waals surface area contributed by atoms with Crippen LogP contribution in [0.1, 0.15) is 23.7 Å². The normalized spacial score (nSPS) is 14.0. The third kappa shape index (κ3) is 7.79. The predicted molar refractivity (Wildman–Crippen MR) is 152 cm³/mol. The first-order chi connectivity index (χ1) is 19.7. The monoisotopic (exact) mass is 559 g/mol. The fourth-order valence-corrected chi connectivity index (χ4v) is 4.44. The molecule has 41 heavy (non-hydrogen) atoms. The summed E-state index contributed by atoms with van der Waals surface area (Å²) in [6, 6.07) is 12.3. The number of fused-ring (bicyclic) bond motifs is 1. The standard InChI is InChI=1S/C29H33N7O5/c1-17(29(40)41)34-27(38)25(12-19-14-32-23-10-6-5-9-21(19)23)36-28(39)24(11-18-7-3-2-4-8-18)35-26(37)22(30)13-20-15-31-16-33-20/h2-10,14-17,22,24-25,32H,11-13,30H2,1H3,(H,31,33)(H,34,38)(H,35,37)(H,36,39)(H,40,41). The van der Waals surface area contributed by atoms with Gasteiger partial charge in [-0.1, -0.05) is 48.5 Å². The maximum atomic E-state index is 13.7. The summed E-state index contributed by atoms with van der Waals surface area (Å²) in [6.07, 6.45) is 5.20. The molecule has 0 aliphatic heterocycles. The molecule has 0 bridgehead atoms. The lowest BCUT2D eigenvalue weighted by Crippen LogP contribution is -2.58. The Balaban J connectivity index is 1.56. The molecule has 0 radical (unpaired) electrons. The average Bonchev–Trinajstić information content (AvgIpc) is 3.62. The van der Waals surface area contributed by atoms with Crippen molar-refractivity contribution in [3.05, 3.63) is 90.1 Å². The number of nitrogens with zero attached hydrogens (tertiary/aromatic N) is 1. The Kier molecular flexibility index (Phi) is 9.48. The van der Waals surface area contributed by atoms with Gasteiger partial charge in [0.1, 0.15) is 18.1 Å². The summed E-state index contributed by atoms with van der Waals surface area (Å²) in [5.41, 5.74) is 9.17. The van der Waals surface area contributed by atoms with Gasteiger partial charge in [-0.3, -0.25) is 19.2 Å². The largest absolute Gasteiger partial charge is 0.480 e. The highest BCUT2D eigenvalue weighted by atomic mass is 16.4. The van der Waals surface area contributed by atoms with E-state index in [4.69, 9.17) is 5.73 Å². The van der Waals surface area contributed by atoms with E-state index >= 15 is 0 Å². The van der Waals surface area contributed by atoms with Crippen LogP contribution in [-0.4, -0.2) is 67.9 Å². The van der Waals surface area contributed by atoms with Crippen molar-refractivity contribution < 1.29 is 24.3 Å². The van der Waals surface area contributed by atoms with Crippen molar-refractivity contribution in [1.29, 1.82) is 0 Å². The summed E-state index contributed by atoms with van der Waals surface area (Å²) in [6.45, 7) is 1.34. The number of amides is 3. The summed E-state index contributed by atoms with van der Waals surface area (Å²) in [5, 5.41) is 18.1. The number of nitrogens with two attached hydrogens (primary N) is 1. The number of carbonyl (C=O) groups excluding carboxylic acids is 3. The zero-order valence-electron chi connectivity index (χ0n) is 22.5. The Hall–Kier alpha value is -4.97. The number of H-pyrrole nitrogens is 2. The van der Waals surface area contributed by atoms with Crippen LogP contribution in [0.5, 0.6) is 0 Å². The highest BCUT2D eigenvalue weighted by Gasteiger charge is 2.30. The summed E-state index contributed by atoms with van der Waals surface area (Å²) >= 11 is 0. The van der Waals surface area contributed by atoms with Crippen molar-refractivity contribution in [3.8, 4) is 0 Å². The average molecular weight is 560 g/mol. The van der Waals surface area contributed by atoms with Crippen LogP contribution in [0, 0.1) is 0 Å². The zero-order chi connectivity index (χ0) is 29.4. The van der Waals surface area contributed by atoms with E-state index in [1.807, 2.05) is 54.6 Å². The van der Waals surface area contributed by atoms with E-state index in [2.05, 4.69) is 30.9 Å². The molecule has 12 nitrogen and oxygen atoms in total. The lowest BCUT2D eigenvalue weighted by atomic mass is 10.0. The number of aliphatic carboxylic acids is 1. The number of para-hydroxylation sites is 1. The number of hydrogen-bond acceptors (Lipinski definition) is 6. The Labute approximate surface area is 236 Å². The van der Waals surface area contributed by atoms with Crippen LogP contribution in [0.25, 0.3) is 10.9 Å². The number of carboxylic acid groups (broad SMARTS) is 1. The van der Waals surface area contributed by atoms with Gasteiger partial charge in [0.25, 0.3) is 0 Å². The molecule has 0 aliphatic carbocycles. The molecule has 4 atom stereocenters. The van der Waals surface area contributed by atoms with Gasteiger partial charge in [-0.25, -0.2) is 4.98 Å². The number of carboxylic acids is 1. The fourth-order valence-electron chi connectivity index (χ4n) is 4.44. The molecule has 3 amide bonds. The minimum atomic E-state index is -1.21. The summed E-state index contributed by atoms with van der Waals surface area (Å²) < 4.78 is 0. The molecule has 8 N–H and O–H groups in total. The zero-order valence-corrected chi connectivity index (χ0v) is 22.5. The molecule has 214 valence electrons. The molecule has 2 aromatic heterocycles. The first-order valence-corrected chi connectivity index (χ1v) is 13.2. The van der Waals surface area contributed by atoms with Crippen molar-refractivity contribution in [1.82, 2.24) is 30.9 Å². The number of aromatic nitrogens is 3. The quantitative estimate of drug-likeness (QED) is 0.126. The van der Waals surface area contributed by atoms with Crippen LogP contribution >= 0.6 is 0 Å². The van der Waals surface area contributed by atoms with Crippen molar-refractivity contribution in [3.63, 3.8) is 0 Å². The topological polar surface area (TPSA) is 195 Å². The summed E-state index contributed by atoms with van der Waals surface area (Å²) in [7, 11) is 0. The van der Waals surface area contributed by atoms with Crippen molar-refractivity contribution in [2.75, 3.05) is 0 Å². The van der Waals surface area contributed by atoms with E-state index in [0.29, 0.717) is 5.69 Å². The van der Waals surface area contributed by atoms with Gasteiger partial charge in [0.15, 0.2) is 0 Å². The second kappa shape index (κ2) is 13.4. The van der Waals surface area contributed by atoms with Gasteiger partial charge in [0.05, 0.1) is 12.4 Å². The molecule has 4 rings (SSSR count). The SMILES string of the molecule is CC(NC(=O)C(Cc1c[nH]c2ccccc12)NC(=O)C(Cc1ccccc1)NC(=O)C(N)Cc1cnc[nH]1)C(=O)O. The van der Waals surface area contributed by atoms with Gasteiger partial charge in [-0.15, -0.1) is 0 Å². The summed E-state index contributed by atoms with van der Waals surface area (Å²) in [4.78, 5) is 61.3.